The molecule has 3 unspecified atom stereocenters. The first-order valence-corrected chi connectivity index (χ1v) is 8.65. The van der Waals surface area contributed by atoms with Crippen molar-refractivity contribution in [2.75, 3.05) is 11.9 Å². The van der Waals surface area contributed by atoms with Crippen LogP contribution in [0.2, 0.25) is 0 Å². The lowest BCUT2D eigenvalue weighted by Crippen LogP contribution is -2.38. The van der Waals surface area contributed by atoms with Crippen molar-refractivity contribution in [3.8, 4) is 0 Å². The highest BCUT2D eigenvalue weighted by atomic mass is 32.2. The lowest BCUT2D eigenvalue weighted by Gasteiger charge is -2.27. The smallest absolute Gasteiger partial charge is 0.288 e. The highest BCUT2D eigenvalue weighted by molar-refractivity contribution is 7.99. The molecule has 1 heterocycles. The summed E-state index contributed by atoms with van der Waals surface area (Å²) in [4.78, 5) is 0.621. The third-order valence-electron chi connectivity index (χ3n) is 4.62. The fraction of sp³-hybridized carbons (Fsp3) is 0.625. The molecule has 1 saturated heterocycles. The molecular formula is C16H22F2N2S. The molecular weight excluding hydrogens is 290 g/mol. The second kappa shape index (κ2) is 6.97. The Bertz CT molecular complexity index is 446. The molecule has 1 aliphatic heterocycles. The Morgan fingerprint density at radius 2 is 1.90 bits per heavy atom. The van der Waals surface area contributed by atoms with Crippen molar-refractivity contribution in [2.45, 2.75) is 54.8 Å². The van der Waals surface area contributed by atoms with Gasteiger partial charge in [-0.2, -0.15) is 8.78 Å². The van der Waals surface area contributed by atoms with E-state index in [1.807, 2.05) is 12.1 Å². The van der Waals surface area contributed by atoms with Crippen LogP contribution in [0.15, 0.2) is 29.2 Å². The van der Waals surface area contributed by atoms with Crippen LogP contribution in [0, 0.1) is 5.92 Å². The Labute approximate surface area is 129 Å². The van der Waals surface area contributed by atoms with Crippen molar-refractivity contribution in [1.29, 1.82) is 0 Å². The van der Waals surface area contributed by atoms with Crippen LogP contribution in [0.3, 0.4) is 0 Å². The van der Waals surface area contributed by atoms with Gasteiger partial charge in [-0.25, -0.2) is 0 Å². The molecule has 2 N–H and O–H groups in total. The fourth-order valence-corrected chi connectivity index (χ4v) is 4.17. The predicted molar refractivity (Wildman–Crippen MR) is 84.1 cm³/mol. The number of halogens is 2. The van der Waals surface area contributed by atoms with Gasteiger partial charge in [0.15, 0.2) is 0 Å². The highest BCUT2D eigenvalue weighted by Gasteiger charge is 2.34. The molecule has 2 nitrogen and oxygen atoms in total. The number of rotatable bonds is 5. The molecule has 0 bridgehead atoms. The largest absolute Gasteiger partial charge is 0.382 e. The Balaban J connectivity index is 1.59. The summed E-state index contributed by atoms with van der Waals surface area (Å²) in [5, 5.41) is 7.23. The number of alkyl halides is 2. The average molecular weight is 312 g/mol. The standard InChI is InChI=1S/C16H22F2N2S/c17-16(18)21-12-8-6-11(7-9-12)20-15-4-1-3-13(15)14-5-2-10-19-14/h6-9,13-16,19-20H,1-5,10H2. The normalized spacial score (nSPS) is 29.2. The first-order chi connectivity index (χ1) is 10.2. The number of hydrogen-bond acceptors (Lipinski definition) is 3. The van der Waals surface area contributed by atoms with Gasteiger partial charge in [0.2, 0.25) is 0 Å². The van der Waals surface area contributed by atoms with Gasteiger partial charge in [-0.1, -0.05) is 18.2 Å². The molecule has 1 saturated carbocycles. The van der Waals surface area contributed by atoms with E-state index in [1.54, 1.807) is 12.1 Å². The summed E-state index contributed by atoms with van der Waals surface area (Å²) in [6.45, 7) is 1.15. The van der Waals surface area contributed by atoms with Crippen molar-refractivity contribution in [2.24, 2.45) is 5.92 Å². The van der Waals surface area contributed by atoms with Crippen LogP contribution in [0.1, 0.15) is 32.1 Å². The Kier molecular flexibility index (Phi) is 5.01. The van der Waals surface area contributed by atoms with E-state index in [4.69, 9.17) is 0 Å². The van der Waals surface area contributed by atoms with Gasteiger partial charge in [0, 0.05) is 22.7 Å². The summed E-state index contributed by atoms with van der Waals surface area (Å²) >= 11 is 0.600. The minimum absolute atomic E-state index is 0.509. The minimum Gasteiger partial charge on any atom is -0.382 e. The van der Waals surface area contributed by atoms with Gasteiger partial charge in [-0.05, 0) is 62.4 Å². The van der Waals surface area contributed by atoms with Crippen LogP contribution in [-0.4, -0.2) is 24.4 Å². The molecule has 3 rings (SSSR count). The minimum atomic E-state index is -2.35. The molecule has 0 amide bonds. The van der Waals surface area contributed by atoms with Gasteiger partial charge in [0.05, 0.1) is 0 Å². The predicted octanol–water partition coefficient (Wildman–Crippen LogP) is 4.33. The van der Waals surface area contributed by atoms with E-state index < -0.39 is 5.76 Å². The number of thioether (sulfide) groups is 1. The molecule has 1 aromatic carbocycles. The van der Waals surface area contributed by atoms with Crippen LogP contribution in [-0.2, 0) is 0 Å². The summed E-state index contributed by atoms with van der Waals surface area (Å²) < 4.78 is 24.6. The summed E-state index contributed by atoms with van der Waals surface area (Å²) in [6.07, 6.45) is 6.34. The van der Waals surface area contributed by atoms with Crippen molar-refractivity contribution >= 4 is 17.4 Å². The van der Waals surface area contributed by atoms with Gasteiger partial charge in [0.1, 0.15) is 0 Å². The zero-order valence-corrected chi connectivity index (χ0v) is 12.8. The second-order valence-electron chi connectivity index (χ2n) is 5.95. The van der Waals surface area contributed by atoms with Crippen molar-refractivity contribution < 1.29 is 8.78 Å². The topological polar surface area (TPSA) is 24.1 Å². The van der Waals surface area contributed by atoms with Crippen molar-refractivity contribution in [3.63, 3.8) is 0 Å². The summed E-state index contributed by atoms with van der Waals surface area (Å²) in [5.74, 6) is -1.65. The van der Waals surface area contributed by atoms with Crippen molar-refractivity contribution in [3.05, 3.63) is 24.3 Å². The van der Waals surface area contributed by atoms with E-state index in [9.17, 15) is 8.78 Å². The highest BCUT2D eigenvalue weighted by Crippen LogP contribution is 2.34. The summed E-state index contributed by atoms with van der Waals surface area (Å²) in [5.41, 5.74) is 1.04. The molecule has 0 spiro atoms. The Hall–Kier alpha value is -0.810. The van der Waals surface area contributed by atoms with E-state index in [0.717, 1.165) is 12.2 Å². The van der Waals surface area contributed by atoms with E-state index in [1.165, 1.54) is 32.1 Å². The van der Waals surface area contributed by atoms with Crippen LogP contribution >= 0.6 is 11.8 Å². The van der Waals surface area contributed by atoms with Crippen LogP contribution in [0.5, 0.6) is 0 Å². The molecule has 116 valence electrons. The molecule has 2 fully saturated rings. The monoisotopic (exact) mass is 312 g/mol. The van der Waals surface area contributed by atoms with Gasteiger partial charge in [-0.3, -0.25) is 0 Å². The maximum absolute atomic E-state index is 12.3. The van der Waals surface area contributed by atoms with Gasteiger partial charge >= 0.3 is 0 Å². The van der Waals surface area contributed by atoms with Crippen molar-refractivity contribution in [1.82, 2.24) is 5.32 Å². The number of hydrogen-bond donors (Lipinski definition) is 2. The Morgan fingerprint density at radius 3 is 2.57 bits per heavy atom. The van der Waals surface area contributed by atoms with Gasteiger partial charge in [-0.15, -0.1) is 0 Å². The van der Waals surface area contributed by atoms with Gasteiger partial charge < -0.3 is 10.6 Å². The second-order valence-corrected chi connectivity index (χ2v) is 7.01. The molecule has 2 aliphatic rings. The molecule has 0 radical (unpaired) electrons. The summed E-state index contributed by atoms with van der Waals surface area (Å²) in [7, 11) is 0. The zero-order chi connectivity index (χ0) is 14.7. The average Bonchev–Trinajstić information content (AvgIpc) is 3.11. The van der Waals surface area contributed by atoms with Crippen LogP contribution in [0.25, 0.3) is 0 Å². The molecule has 21 heavy (non-hydrogen) atoms. The maximum atomic E-state index is 12.3. The number of nitrogens with one attached hydrogen (secondary N) is 2. The van der Waals surface area contributed by atoms with Gasteiger partial charge in [0.25, 0.3) is 5.76 Å². The SMILES string of the molecule is FC(F)Sc1ccc(NC2CCCC2C2CCCN2)cc1. The number of anilines is 1. The molecule has 0 aromatic heterocycles. The summed E-state index contributed by atoms with van der Waals surface area (Å²) in [6, 6.07) is 8.55. The van der Waals surface area contributed by atoms with Crippen LogP contribution in [0.4, 0.5) is 14.5 Å². The molecule has 1 aromatic rings. The first kappa shape index (κ1) is 15.1. The molecule has 5 heteroatoms. The maximum Gasteiger partial charge on any atom is 0.288 e. The Morgan fingerprint density at radius 1 is 1.10 bits per heavy atom. The van der Waals surface area contributed by atoms with E-state index in [-0.39, 0.29) is 0 Å². The van der Waals surface area contributed by atoms with Crippen LogP contribution < -0.4 is 10.6 Å². The molecule has 1 aliphatic carbocycles. The number of benzene rings is 1. The fourth-order valence-electron chi connectivity index (χ4n) is 3.67. The lowest BCUT2D eigenvalue weighted by molar-refractivity contribution is 0.252. The third kappa shape index (κ3) is 3.89. The lowest BCUT2D eigenvalue weighted by atomic mass is 9.93. The quantitative estimate of drug-likeness (QED) is 0.791. The zero-order valence-electron chi connectivity index (χ0n) is 12.0. The van der Waals surface area contributed by atoms with E-state index in [0.29, 0.717) is 34.7 Å². The van der Waals surface area contributed by atoms with E-state index in [2.05, 4.69) is 10.6 Å². The van der Waals surface area contributed by atoms with E-state index >= 15 is 0 Å². The third-order valence-corrected chi connectivity index (χ3v) is 5.34. The molecule has 3 atom stereocenters. The first-order valence-electron chi connectivity index (χ1n) is 7.77.